The minimum absolute atomic E-state index is 0. The minimum Gasteiger partial charge on any atom is -0.355 e. The smallest absolute Gasteiger partial charge is 0.276 e. The number of hydrogen-bond acceptors (Lipinski definition) is 5. The van der Waals surface area contributed by atoms with Gasteiger partial charge in [-0.2, -0.15) is 0 Å². The van der Waals surface area contributed by atoms with Crippen LogP contribution in [0, 0.1) is 0 Å². The van der Waals surface area contributed by atoms with Crippen LogP contribution in [0.1, 0.15) is 29.8 Å². The van der Waals surface area contributed by atoms with Gasteiger partial charge in [-0.1, -0.05) is 5.16 Å². The van der Waals surface area contributed by atoms with Crippen LogP contribution in [0.2, 0.25) is 0 Å². The Morgan fingerprint density at radius 1 is 1.25 bits per heavy atom. The van der Waals surface area contributed by atoms with Gasteiger partial charge in [0.15, 0.2) is 11.5 Å². The normalized spacial score (nSPS) is 22.2. The van der Waals surface area contributed by atoms with E-state index in [-0.39, 0.29) is 36.8 Å². The Morgan fingerprint density at radius 3 is 2.88 bits per heavy atom. The summed E-state index contributed by atoms with van der Waals surface area (Å²) in [5.41, 5.74) is 1.22. The van der Waals surface area contributed by atoms with Gasteiger partial charge in [-0.15, -0.1) is 24.8 Å². The third kappa shape index (κ3) is 3.41. The maximum atomic E-state index is 12.8. The third-order valence-electron chi connectivity index (χ3n) is 4.56. The van der Waals surface area contributed by atoms with E-state index in [1.807, 2.05) is 17.0 Å². The van der Waals surface area contributed by atoms with Crippen molar-refractivity contribution in [2.75, 3.05) is 13.1 Å². The summed E-state index contributed by atoms with van der Waals surface area (Å²) in [6.45, 7) is 1.85. The maximum absolute atomic E-state index is 12.8. The van der Waals surface area contributed by atoms with E-state index >= 15 is 0 Å². The molecular weight excluding hydrogens is 351 g/mol. The highest BCUT2D eigenvalue weighted by molar-refractivity contribution is 5.93. The van der Waals surface area contributed by atoms with Crippen LogP contribution in [0.5, 0.6) is 0 Å². The predicted molar refractivity (Wildman–Crippen MR) is 94.7 cm³/mol. The van der Waals surface area contributed by atoms with Gasteiger partial charge in [-0.05, 0) is 37.9 Å². The number of pyridine rings is 1. The number of fused-ring (bicyclic) bond motifs is 2. The molecule has 2 aromatic heterocycles. The van der Waals surface area contributed by atoms with Crippen molar-refractivity contribution in [2.45, 2.75) is 31.3 Å². The molecule has 0 aromatic carbocycles. The Hall–Kier alpha value is -1.63. The lowest BCUT2D eigenvalue weighted by Gasteiger charge is -2.26. The summed E-state index contributed by atoms with van der Waals surface area (Å²) in [6.07, 6.45) is 6.57. The van der Waals surface area contributed by atoms with E-state index in [4.69, 9.17) is 4.52 Å². The van der Waals surface area contributed by atoms with Gasteiger partial charge < -0.3 is 14.7 Å². The van der Waals surface area contributed by atoms with Crippen molar-refractivity contribution in [3.05, 3.63) is 36.3 Å². The fourth-order valence-electron chi connectivity index (χ4n) is 3.47. The molecule has 1 N–H and O–H groups in total. The summed E-state index contributed by atoms with van der Waals surface area (Å²) in [5, 5.41) is 7.38. The van der Waals surface area contributed by atoms with E-state index in [1.54, 1.807) is 18.5 Å². The Labute approximate surface area is 152 Å². The molecule has 0 spiro atoms. The van der Waals surface area contributed by atoms with E-state index in [1.165, 1.54) is 0 Å². The van der Waals surface area contributed by atoms with Gasteiger partial charge in [-0.25, -0.2) is 0 Å². The molecule has 2 aliphatic rings. The first-order valence-corrected chi connectivity index (χ1v) is 7.73. The van der Waals surface area contributed by atoms with E-state index in [2.05, 4.69) is 15.5 Å². The lowest BCUT2D eigenvalue weighted by molar-refractivity contribution is 0.0669. The van der Waals surface area contributed by atoms with Gasteiger partial charge >= 0.3 is 0 Å². The van der Waals surface area contributed by atoms with Crippen LogP contribution in [-0.4, -0.2) is 46.1 Å². The zero-order chi connectivity index (χ0) is 14.9. The molecule has 8 heteroatoms. The van der Waals surface area contributed by atoms with Crippen LogP contribution in [0.25, 0.3) is 11.3 Å². The van der Waals surface area contributed by atoms with Crippen LogP contribution in [0.3, 0.4) is 0 Å². The second-order valence-electron chi connectivity index (χ2n) is 5.91. The SMILES string of the molecule is Cl.Cl.O=C(c1cc(-c2cccnc2)on1)N1C2CCNCC1CC2. The van der Waals surface area contributed by atoms with Crippen LogP contribution in [0.15, 0.2) is 35.1 Å². The van der Waals surface area contributed by atoms with Gasteiger partial charge in [0.25, 0.3) is 5.91 Å². The lowest BCUT2D eigenvalue weighted by Crippen LogP contribution is -2.42. The van der Waals surface area contributed by atoms with Crippen molar-refractivity contribution in [2.24, 2.45) is 0 Å². The topological polar surface area (TPSA) is 71.3 Å². The monoisotopic (exact) mass is 370 g/mol. The molecule has 0 saturated carbocycles. The Morgan fingerprint density at radius 2 is 2.08 bits per heavy atom. The molecule has 4 heterocycles. The van der Waals surface area contributed by atoms with Crippen molar-refractivity contribution < 1.29 is 9.32 Å². The molecule has 130 valence electrons. The van der Waals surface area contributed by atoms with Crippen LogP contribution < -0.4 is 5.32 Å². The van der Waals surface area contributed by atoms with Gasteiger partial charge in [-0.3, -0.25) is 9.78 Å². The van der Waals surface area contributed by atoms with E-state index in [0.29, 0.717) is 17.5 Å². The molecule has 2 saturated heterocycles. The Kier molecular flexibility index (Phi) is 6.21. The van der Waals surface area contributed by atoms with E-state index < -0.39 is 0 Å². The number of amides is 1. The van der Waals surface area contributed by atoms with Gasteiger partial charge in [0.1, 0.15) is 0 Å². The van der Waals surface area contributed by atoms with Crippen molar-refractivity contribution in [3.8, 4) is 11.3 Å². The number of carbonyl (C=O) groups excluding carboxylic acids is 1. The van der Waals surface area contributed by atoms with Crippen LogP contribution in [0.4, 0.5) is 0 Å². The number of rotatable bonds is 2. The average molecular weight is 371 g/mol. The summed E-state index contributed by atoms with van der Waals surface area (Å²) in [7, 11) is 0. The van der Waals surface area contributed by atoms with E-state index in [9.17, 15) is 4.79 Å². The summed E-state index contributed by atoms with van der Waals surface area (Å²) in [5.74, 6) is 0.562. The number of carbonyl (C=O) groups is 1. The highest BCUT2D eigenvalue weighted by atomic mass is 35.5. The molecule has 24 heavy (non-hydrogen) atoms. The maximum Gasteiger partial charge on any atom is 0.276 e. The average Bonchev–Trinajstić information content (AvgIpc) is 3.12. The standard InChI is InChI=1S/C16H18N4O2.2ClH/c21-16(20-12-3-4-13(20)10-18-7-5-12)14-8-15(22-19-14)11-2-1-6-17-9-11;;/h1-2,6,8-9,12-13,18H,3-5,7,10H2;2*1H. The Bertz CT molecular complexity index is 666. The number of aromatic nitrogens is 2. The summed E-state index contributed by atoms with van der Waals surface area (Å²) in [6, 6.07) is 6.04. The van der Waals surface area contributed by atoms with Crippen molar-refractivity contribution in [1.29, 1.82) is 0 Å². The fraction of sp³-hybridized carbons (Fsp3) is 0.438. The summed E-state index contributed by atoms with van der Waals surface area (Å²) in [4.78, 5) is 18.9. The first-order valence-electron chi connectivity index (χ1n) is 7.73. The van der Waals surface area contributed by atoms with Crippen molar-refractivity contribution >= 4 is 30.7 Å². The van der Waals surface area contributed by atoms with Crippen LogP contribution in [-0.2, 0) is 0 Å². The lowest BCUT2D eigenvalue weighted by atomic mass is 10.1. The first kappa shape index (κ1) is 18.7. The molecule has 2 atom stereocenters. The molecular formula is C16H20Cl2N4O2. The highest BCUT2D eigenvalue weighted by Gasteiger charge is 2.39. The van der Waals surface area contributed by atoms with Gasteiger partial charge in [0.05, 0.1) is 0 Å². The van der Waals surface area contributed by atoms with Gasteiger partial charge in [0.2, 0.25) is 0 Å². The Balaban J connectivity index is 0.00000104. The fourth-order valence-corrected chi connectivity index (χ4v) is 3.47. The molecule has 6 nitrogen and oxygen atoms in total. The molecule has 0 radical (unpaired) electrons. The molecule has 2 aromatic rings. The molecule has 2 unspecified atom stereocenters. The molecule has 2 fully saturated rings. The van der Waals surface area contributed by atoms with Crippen molar-refractivity contribution in [1.82, 2.24) is 20.4 Å². The predicted octanol–water partition coefficient (Wildman–Crippen LogP) is 2.55. The number of nitrogens with one attached hydrogen (secondary N) is 1. The number of nitrogens with zero attached hydrogens (tertiary/aromatic N) is 3. The number of hydrogen-bond donors (Lipinski definition) is 1. The first-order chi connectivity index (χ1) is 10.8. The molecule has 4 rings (SSSR count). The summed E-state index contributed by atoms with van der Waals surface area (Å²) >= 11 is 0. The third-order valence-corrected chi connectivity index (χ3v) is 4.56. The largest absolute Gasteiger partial charge is 0.355 e. The minimum atomic E-state index is -0.0184. The van der Waals surface area contributed by atoms with Gasteiger partial charge in [0, 0.05) is 42.7 Å². The number of halogens is 2. The van der Waals surface area contributed by atoms with Crippen molar-refractivity contribution in [3.63, 3.8) is 0 Å². The second kappa shape index (κ2) is 7.96. The molecule has 2 aliphatic heterocycles. The molecule has 0 aliphatic carbocycles. The molecule has 2 bridgehead atoms. The van der Waals surface area contributed by atoms with E-state index in [0.717, 1.165) is 37.9 Å². The summed E-state index contributed by atoms with van der Waals surface area (Å²) < 4.78 is 5.33. The molecule has 1 amide bonds. The quantitative estimate of drug-likeness (QED) is 0.879. The highest BCUT2D eigenvalue weighted by Crippen LogP contribution is 2.30. The zero-order valence-electron chi connectivity index (χ0n) is 13.1. The second-order valence-corrected chi connectivity index (χ2v) is 5.91. The van der Waals surface area contributed by atoms with Crippen LogP contribution >= 0.6 is 24.8 Å². The zero-order valence-corrected chi connectivity index (χ0v) is 14.7.